The number of amides is 1. The van der Waals surface area contributed by atoms with Gasteiger partial charge in [-0.2, -0.15) is 0 Å². The topological polar surface area (TPSA) is 41.6 Å². The normalized spacial score (nSPS) is 19.9. The van der Waals surface area contributed by atoms with Crippen molar-refractivity contribution in [1.29, 1.82) is 0 Å². The second kappa shape index (κ2) is 3.42. The van der Waals surface area contributed by atoms with Crippen LogP contribution in [0, 0.1) is 0 Å². The Morgan fingerprint density at radius 2 is 2.36 bits per heavy atom. The second-order valence-corrected chi connectivity index (χ2v) is 3.72. The Morgan fingerprint density at radius 1 is 1.73 bits per heavy atom. The summed E-state index contributed by atoms with van der Waals surface area (Å²) in [6.45, 7) is 2.05. The maximum Gasteiger partial charge on any atom is 0.222 e. The number of hydrogen-bond acceptors (Lipinski definition) is 4. The fourth-order valence-corrected chi connectivity index (χ4v) is 1.05. The van der Waals surface area contributed by atoms with Gasteiger partial charge in [-0.15, -0.1) is 4.41 Å². The molecule has 0 bridgehead atoms. The molecule has 0 spiro atoms. The molecule has 64 valence electrons. The number of carbonyl (C=O) groups is 1. The molecule has 0 aromatic carbocycles. The first-order valence-electron chi connectivity index (χ1n) is 3.46. The van der Waals surface area contributed by atoms with Gasteiger partial charge in [-0.25, -0.2) is 0 Å². The molecule has 0 heterocycles. The lowest BCUT2D eigenvalue weighted by atomic mass is 10.4. The van der Waals surface area contributed by atoms with E-state index in [1.807, 2.05) is 0 Å². The van der Waals surface area contributed by atoms with E-state index in [0.29, 0.717) is 6.41 Å². The average Bonchev–Trinajstić information content (AvgIpc) is 2.66. The molecule has 0 aromatic rings. The predicted molar refractivity (Wildman–Crippen MR) is 43.3 cm³/mol. The number of hydrogen-bond donors (Lipinski definition) is 1. The van der Waals surface area contributed by atoms with Crippen LogP contribution in [0.4, 0.5) is 0 Å². The highest BCUT2D eigenvalue weighted by atomic mass is 32.2. The van der Waals surface area contributed by atoms with Gasteiger partial charge in [0.25, 0.3) is 0 Å². The maximum atomic E-state index is 9.93. The molecule has 1 aliphatic rings. The Morgan fingerprint density at radius 3 is 2.82 bits per heavy atom. The Hall–Kier alpha value is -0.260. The standard InChI is InChI=1S/C6H12N2O2S/c1-6(3-4-6)10-11-8(2)7-5-9/h5H,3-4H2,1-2H3,(H,7,9). The first kappa shape index (κ1) is 8.83. The molecular formula is C6H12N2O2S. The summed E-state index contributed by atoms with van der Waals surface area (Å²) in [4.78, 5) is 9.93. The van der Waals surface area contributed by atoms with E-state index in [0.717, 1.165) is 25.1 Å². The SMILES string of the molecule is CN(NC=O)SOC1(C)CC1. The summed E-state index contributed by atoms with van der Waals surface area (Å²) in [7, 11) is 1.73. The Bertz CT molecular complexity index is 150. The van der Waals surface area contributed by atoms with E-state index in [1.165, 1.54) is 4.41 Å². The molecule has 1 N–H and O–H groups in total. The summed E-state index contributed by atoms with van der Waals surface area (Å²) < 4.78 is 6.90. The lowest BCUT2D eigenvalue weighted by molar-refractivity contribution is -0.111. The van der Waals surface area contributed by atoms with E-state index >= 15 is 0 Å². The molecule has 11 heavy (non-hydrogen) atoms. The van der Waals surface area contributed by atoms with Crippen molar-refractivity contribution in [2.24, 2.45) is 0 Å². The van der Waals surface area contributed by atoms with Crippen molar-refractivity contribution in [2.75, 3.05) is 7.05 Å². The van der Waals surface area contributed by atoms with Crippen LogP contribution in [0.2, 0.25) is 0 Å². The fraction of sp³-hybridized carbons (Fsp3) is 0.833. The monoisotopic (exact) mass is 176 g/mol. The van der Waals surface area contributed by atoms with Crippen LogP contribution in [0.15, 0.2) is 0 Å². The number of hydrazine groups is 1. The van der Waals surface area contributed by atoms with Gasteiger partial charge in [-0.3, -0.25) is 14.4 Å². The third kappa shape index (κ3) is 3.09. The van der Waals surface area contributed by atoms with Gasteiger partial charge >= 0.3 is 0 Å². The lowest BCUT2D eigenvalue weighted by Gasteiger charge is -2.15. The average molecular weight is 176 g/mol. The van der Waals surface area contributed by atoms with Gasteiger partial charge in [0.05, 0.1) is 5.60 Å². The first-order valence-corrected chi connectivity index (χ1v) is 4.15. The molecule has 1 fully saturated rings. The Balaban J connectivity index is 2.06. The van der Waals surface area contributed by atoms with Gasteiger partial charge in [0.1, 0.15) is 12.2 Å². The number of nitrogens with zero attached hydrogens (tertiary/aromatic N) is 1. The van der Waals surface area contributed by atoms with Gasteiger partial charge in [0.2, 0.25) is 6.41 Å². The van der Waals surface area contributed by atoms with Crippen LogP contribution in [0.1, 0.15) is 19.8 Å². The third-order valence-electron chi connectivity index (χ3n) is 1.54. The largest absolute Gasteiger partial charge is 0.294 e. The number of nitrogens with one attached hydrogen (secondary N) is 1. The fourth-order valence-electron chi connectivity index (χ4n) is 0.501. The van der Waals surface area contributed by atoms with Gasteiger partial charge in [-0.1, -0.05) is 0 Å². The van der Waals surface area contributed by atoms with Crippen molar-refractivity contribution in [3.8, 4) is 0 Å². The van der Waals surface area contributed by atoms with Gasteiger partial charge < -0.3 is 0 Å². The lowest BCUT2D eigenvalue weighted by Crippen LogP contribution is -2.27. The van der Waals surface area contributed by atoms with Crippen LogP contribution in [0.25, 0.3) is 0 Å². The third-order valence-corrected chi connectivity index (χ3v) is 2.34. The highest BCUT2D eigenvalue weighted by molar-refractivity contribution is 7.92. The molecule has 1 rings (SSSR count). The molecular weight excluding hydrogens is 164 g/mol. The summed E-state index contributed by atoms with van der Waals surface area (Å²) in [5.41, 5.74) is 2.48. The van der Waals surface area contributed by atoms with Crippen LogP contribution in [0.3, 0.4) is 0 Å². The highest BCUT2D eigenvalue weighted by Crippen LogP contribution is 2.41. The van der Waals surface area contributed by atoms with E-state index in [2.05, 4.69) is 12.3 Å². The van der Waals surface area contributed by atoms with Crippen molar-refractivity contribution in [2.45, 2.75) is 25.4 Å². The second-order valence-electron chi connectivity index (χ2n) is 2.85. The summed E-state index contributed by atoms with van der Waals surface area (Å²) >= 11 is 1.16. The summed E-state index contributed by atoms with van der Waals surface area (Å²) in [6, 6.07) is 0. The van der Waals surface area contributed by atoms with Crippen LogP contribution < -0.4 is 5.43 Å². The maximum absolute atomic E-state index is 9.93. The van der Waals surface area contributed by atoms with E-state index < -0.39 is 0 Å². The summed E-state index contributed by atoms with van der Waals surface area (Å²) in [5, 5.41) is 0. The van der Waals surface area contributed by atoms with Crippen molar-refractivity contribution < 1.29 is 8.98 Å². The van der Waals surface area contributed by atoms with Crippen molar-refractivity contribution >= 4 is 18.6 Å². The molecule has 4 nitrogen and oxygen atoms in total. The predicted octanol–water partition coefficient (Wildman–Crippen LogP) is 0.712. The minimum absolute atomic E-state index is 0.0451. The molecule has 0 saturated heterocycles. The van der Waals surface area contributed by atoms with Crippen molar-refractivity contribution in [3.63, 3.8) is 0 Å². The van der Waals surface area contributed by atoms with Crippen molar-refractivity contribution in [3.05, 3.63) is 0 Å². The molecule has 1 aliphatic carbocycles. The molecule has 1 amide bonds. The van der Waals surface area contributed by atoms with Crippen LogP contribution in [0.5, 0.6) is 0 Å². The highest BCUT2D eigenvalue weighted by Gasteiger charge is 2.39. The summed E-state index contributed by atoms with van der Waals surface area (Å²) in [5.74, 6) is 0. The van der Waals surface area contributed by atoms with E-state index in [-0.39, 0.29) is 5.60 Å². The van der Waals surface area contributed by atoms with Gasteiger partial charge in [-0.05, 0) is 19.8 Å². The Kier molecular flexibility index (Phi) is 2.75. The quantitative estimate of drug-likeness (QED) is 0.290. The number of carbonyl (C=O) groups excluding carboxylic acids is 1. The van der Waals surface area contributed by atoms with E-state index in [9.17, 15) is 4.79 Å². The Labute approximate surface area is 70.6 Å². The minimum Gasteiger partial charge on any atom is -0.294 e. The molecule has 0 aromatic heterocycles. The minimum atomic E-state index is 0.0451. The smallest absolute Gasteiger partial charge is 0.222 e. The molecule has 0 radical (unpaired) electrons. The molecule has 1 saturated carbocycles. The van der Waals surface area contributed by atoms with E-state index in [4.69, 9.17) is 4.18 Å². The van der Waals surface area contributed by atoms with Crippen LogP contribution in [-0.2, 0) is 8.98 Å². The van der Waals surface area contributed by atoms with Crippen LogP contribution in [-0.4, -0.2) is 23.5 Å². The molecule has 0 unspecified atom stereocenters. The zero-order valence-corrected chi connectivity index (χ0v) is 7.48. The van der Waals surface area contributed by atoms with Crippen molar-refractivity contribution in [1.82, 2.24) is 9.84 Å². The number of rotatable bonds is 5. The van der Waals surface area contributed by atoms with Gasteiger partial charge in [0.15, 0.2) is 0 Å². The molecule has 5 heteroatoms. The zero-order valence-electron chi connectivity index (χ0n) is 6.66. The molecule has 0 aliphatic heterocycles. The van der Waals surface area contributed by atoms with Gasteiger partial charge in [0, 0.05) is 7.05 Å². The van der Waals surface area contributed by atoms with Crippen LogP contribution >= 0.6 is 12.2 Å². The zero-order chi connectivity index (χ0) is 8.32. The van der Waals surface area contributed by atoms with E-state index in [1.54, 1.807) is 7.05 Å². The first-order chi connectivity index (χ1) is 5.16. The molecule has 0 atom stereocenters. The summed E-state index contributed by atoms with van der Waals surface area (Å²) in [6.07, 6.45) is 2.83.